The molecule has 148 valence electrons. The molecule has 0 amide bonds. The Morgan fingerprint density at radius 1 is 0.643 bits per heavy atom. The van der Waals surface area contributed by atoms with E-state index < -0.39 is 0 Å². The molecular weight excluding hydrogens is 340 g/mol. The van der Waals surface area contributed by atoms with Crippen molar-refractivity contribution in [3.05, 3.63) is 59.7 Å². The number of carbonyl (C=O) groups is 1. The number of hydrogen-bond donors (Lipinski definition) is 0. The normalized spacial score (nSPS) is 23.4. The fourth-order valence-electron chi connectivity index (χ4n) is 5.42. The van der Waals surface area contributed by atoms with E-state index in [0.717, 1.165) is 31.0 Å². The second kappa shape index (κ2) is 9.54. The Labute approximate surface area is 170 Å². The number of carbonyl (C=O) groups excluding carboxylic acids is 1. The van der Waals surface area contributed by atoms with Crippen LogP contribution >= 0.6 is 0 Å². The van der Waals surface area contributed by atoms with Gasteiger partial charge >= 0.3 is 0 Å². The molecule has 2 saturated carbocycles. The van der Waals surface area contributed by atoms with Gasteiger partial charge in [-0.1, -0.05) is 67.8 Å². The first kappa shape index (κ1) is 19.4. The lowest BCUT2D eigenvalue weighted by molar-refractivity contribution is -0.108. The molecule has 0 bridgehead atoms. The highest BCUT2D eigenvalue weighted by molar-refractivity contribution is 5.64. The smallest absolute Gasteiger partial charge is 0.120 e. The van der Waals surface area contributed by atoms with Crippen molar-refractivity contribution in [3.63, 3.8) is 0 Å². The van der Waals surface area contributed by atoms with Crippen molar-refractivity contribution in [2.75, 3.05) is 0 Å². The summed E-state index contributed by atoms with van der Waals surface area (Å²) in [5.74, 6) is 2.26. The van der Waals surface area contributed by atoms with Crippen LogP contribution in [0.5, 0.6) is 0 Å². The van der Waals surface area contributed by atoms with E-state index in [1.54, 1.807) is 0 Å². The number of rotatable bonds is 6. The zero-order valence-corrected chi connectivity index (χ0v) is 17.1. The topological polar surface area (TPSA) is 17.1 Å². The summed E-state index contributed by atoms with van der Waals surface area (Å²) < 4.78 is 0. The Bertz CT molecular complexity index is 729. The van der Waals surface area contributed by atoms with E-state index in [-0.39, 0.29) is 0 Å². The van der Waals surface area contributed by atoms with Crippen LogP contribution in [0.4, 0.5) is 0 Å². The molecule has 2 aromatic rings. The summed E-state index contributed by atoms with van der Waals surface area (Å²) in [6.45, 7) is 0. The van der Waals surface area contributed by atoms with Crippen LogP contribution in [-0.4, -0.2) is 6.29 Å². The minimum absolute atomic E-state index is 0.704. The second-order valence-electron chi connectivity index (χ2n) is 9.04. The van der Waals surface area contributed by atoms with Crippen molar-refractivity contribution >= 4 is 6.29 Å². The predicted molar refractivity (Wildman–Crippen MR) is 118 cm³/mol. The Morgan fingerprint density at radius 2 is 1.14 bits per heavy atom. The van der Waals surface area contributed by atoms with Gasteiger partial charge in [0, 0.05) is 6.42 Å². The highest BCUT2D eigenvalue weighted by Crippen LogP contribution is 2.38. The summed E-state index contributed by atoms with van der Waals surface area (Å²) in [5, 5.41) is 0. The molecule has 0 radical (unpaired) electrons. The molecule has 0 spiro atoms. The molecule has 0 atom stereocenters. The van der Waals surface area contributed by atoms with Gasteiger partial charge in [-0.25, -0.2) is 0 Å². The highest BCUT2D eigenvalue weighted by Gasteiger charge is 2.22. The van der Waals surface area contributed by atoms with Crippen LogP contribution in [0.1, 0.15) is 93.6 Å². The fourth-order valence-corrected chi connectivity index (χ4v) is 5.42. The summed E-state index contributed by atoms with van der Waals surface area (Å²) in [4.78, 5) is 10.6. The largest absolute Gasteiger partial charge is 0.303 e. The minimum atomic E-state index is 0.704. The molecule has 2 aliphatic rings. The average molecular weight is 375 g/mol. The van der Waals surface area contributed by atoms with Crippen molar-refractivity contribution < 1.29 is 4.79 Å². The quantitative estimate of drug-likeness (QED) is 0.474. The maximum absolute atomic E-state index is 10.6. The van der Waals surface area contributed by atoms with Gasteiger partial charge in [-0.2, -0.15) is 0 Å². The number of aldehydes is 1. The van der Waals surface area contributed by atoms with Gasteiger partial charge in [-0.3, -0.25) is 0 Å². The number of hydrogen-bond acceptors (Lipinski definition) is 1. The van der Waals surface area contributed by atoms with Gasteiger partial charge in [0.15, 0.2) is 0 Å². The van der Waals surface area contributed by atoms with E-state index in [2.05, 4.69) is 48.5 Å². The van der Waals surface area contributed by atoms with Crippen LogP contribution in [0.15, 0.2) is 48.5 Å². The standard InChI is InChI=1S/C27H34O/c28-20-4-5-21-8-10-23(11-9-21)25-16-18-27(19-17-25)26-14-12-24(13-15-26)22-6-2-1-3-7-22/h12-23H,1-11H2. The monoisotopic (exact) mass is 374 g/mol. The van der Waals surface area contributed by atoms with Gasteiger partial charge in [0.25, 0.3) is 0 Å². The maximum Gasteiger partial charge on any atom is 0.120 e. The van der Waals surface area contributed by atoms with Crippen LogP contribution in [0.25, 0.3) is 11.1 Å². The van der Waals surface area contributed by atoms with Crippen molar-refractivity contribution in [2.24, 2.45) is 5.92 Å². The first-order valence-electron chi connectivity index (χ1n) is 11.5. The molecule has 1 heteroatoms. The van der Waals surface area contributed by atoms with E-state index in [9.17, 15) is 4.79 Å². The zero-order chi connectivity index (χ0) is 19.2. The maximum atomic E-state index is 10.6. The summed E-state index contributed by atoms with van der Waals surface area (Å²) in [5.41, 5.74) is 5.70. The highest BCUT2D eigenvalue weighted by atomic mass is 16.1. The molecule has 2 aromatic carbocycles. The Balaban J connectivity index is 1.36. The predicted octanol–water partition coefficient (Wildman–Crippen LogP) is 7.65. The Hall–Kier alpha value is -1.89. The lowest BCUT2D eigenvalue weighted by Gasteiger charge is -2.28. The van der Waals surface area contributed by atoms with E-state index in [4.69, 9.17) is 0 Å². The van der Waals surface area contributed by atoms with Gasteiger partial charge in [-0.15, -0.1) is 0 Å². The van der Waals surface area contributed by atoms with E-state index >= 15 is 0 Å². The molecule has 2 fully saturated rings. The summed E-state index contributed by atoms with van der Waals surface area (Å²) in [6.07, 6.45) is 15.0. The van der Waals surface area contributed by atoms with Gasteiger partial charge in [0.2, 0.25) is 0 Å². The molecule has 0 aliphatic heterocycles. The van der Waals surface area contributed by atoms with Crippen molar-refractivity contribution in [3.8, 4) is 11.1 Å². The first-order valence-corrected chi connectivity index (χ1v) is 11.5. The van der Waals surface area contributed by atoms with Gasteiger partial charge in [-0.05, 0) is 85.0 Å². The van der Waals surface area contributed by atoms with Crippen molar-refractivity contribution in [2.45, 2.75) is 82.5 Å². The summed E-state index contributed by atoms with van der Waals surface area (Å²) >= 11 is 0. The summed E-state index contributed by atoms with van der Waals surface area (Å²) in [6, 6.07) is 18.7. The molecule has 0 N–H and O–H groups in total. The second-order valence-corrected chi connectivity index (χ2v) is 9.04. The third-order valence-corrected chi connectivity index (χ3v) is 7.24. The molecular formula is C27H34O. The van der Waals surface area contributed by atoms with Crippen LogP contribution in [0.2, 0.25) is 0 Å². The Morgan fingerprint density at radius 3 is 1.64 bits per heavy atom. The van der Waals surface area contributed by atoms with Gasteiger partial charge in [0.05, 0.1) is 0 Å². The Kier molecular flexibility index (Phi) is 6.62. The van der Waals surface area contributed by atoms with Crippen molar-refractivity contribution in [1.82, 2.24) is 0 Å². The van der Waals surface area contributed by atoms with Gasteiger partial charge < -0.3 is 4.79 Å². The molecule has 28 heavy (non-hydrogen) atoms. The lowest BCUT2D eigenvalue weighted by atomic mass is 9.77. The van der Waals surface area contributed by atoms with Crippen LogP contribution in [-0.2, 0) is 4.79 Å². The molecule has 1 nitrogen and oxygen atoms in total. The van der Waals surface area contributed by atoms with E-state index in [1.807, 2.05) is 0 Å². The summed E-state index contributed by atoms with van der Waals surface area (Å²) in [7, 11) is 0. The third-order valence-electron chi connectivity index (χ3n) is 7.24. The SMILES string of the molecule is O=CCCC1CCC(c2ccc(-c3ccc(C4CCCCC4)cc3)cc2)CC1. The van der Waals surface area contributed by atoms with E-state index in [1.165, 1.54) is 80.0 Å². The van der Waals surface area contributed by atoms with E-state index in [0.29, 0.717) is 5.92 Å². The molecule has 0 unspecified atom stereocenters. The molecule has 0 aromatic heterocycles. The molecule has 4 rings (SSSR count). The molecule has 2 aliphatic carbocycles. The number of benzene rings is 2. The first-order chi connectivity index (χ1) is 13.8. The van der Waals surface area contributed by atoms with Crippen LogP contribution in [0, 0.1) is 5.92 Å². The van der Waals surface area contributed by atoms with Crippen molar-refractivity contribution in [1.29, 1.82) is 0 Å². The zero-order valence-electron chi connectivity index (χ0n) is 17.1. The lowest BCUT2D eigenvalue weighted by Crippen LogP contribution is -2.13. The van der Waals surface area contributed by atoms with Crippen LogP contribution < -0.4 is 0 Å². The average Bonchev–Trinajstić information content (AvgIpc) is 2.79. The molecule has 0 heterocycles. The molecule has 0 saturated heterocycles. The third kappa shape index (κ3) is 4.74. The van der Waals surface area contributed by atoms with Gasteiger partial charge in [0.1, 0.15) is 6.29 Å². The fraction of sp³-hybridized carbons (Fsp3) is 0.519. The van der Waals surface area contributed by atoms with Crippen LogP contribution in [0.3, 0.4) is 0 Å². The minimum Gasteiger partial charge on any atom is -0.303 e.